The number of aromatic nitrogens is 4. The van der Waals surface area contributed by atoms with Crippen LogP contribution in [0.5, 0.6) is 0 Å². The molecule has 210 valence electrons. The minimum atomic E-state index is 0.911. The SMILES string of the molecule is c1ccc(-n2c3ccc(-n4c5ccccc5c5ccccc54)cc3c3cc(-n4c5ccccc5c5ccccc54)ncc32)cc1. The Morgan fingerprint density at radius 1 is 0.311 bits per heavy atom. The van der Waals surface area contributed by atoms with Crippen LogP contribution in [-0.4, -0.2) is 18.7 Å². The van der Waals surface area contributed by atoms with E-state index in [9.17, 15) is 0 Å². The van der Waals surface area contributed by atoms with Gasteiger partial charge in [0, 0.05) is 43.7 Å². The van der Waals surface area contributed by atoms with Crippen LogP contribution < -0.4 is 0 Å². The van der Waals surface area contributed by atoms with Crippen molar-refractivity contribution in [2.24, 2.45) is 0 Å². The molecule has 0 spiro atoms. The van der Waals surface area contributed by atoms with Crippen molar-refractivity contribution in [3.05, 3.63) is 158 Å². The van der Waals surface area contributed by atoms with E-state index in [1.54, 1.807) is 0 Å². The molecule has 0 fully saturated rings. The first-order valence-electron chi connectivity index (χ1n) is 15.3. The molecule has 4 heteroatoms. The number of fused-ring (bicyclic) bond motifs is 9. The molecular formula is C41H26N4. The Hall–Kier alpha value is -6.13. The van der Waals surface area contributed by atoms with Gasteiger partial charge < -0.3 is 9.13 Å². The number of benzene rings is 6. The van der Waals surface area contributed by atoms with Crippen LogP contribution in [0.1, 0.15) is 0 Å². The van der Waals surface area contributed by atoms with Gasteiger partial charge in [0.15, 0.2) is 0 Å². The summed E-state index contributed by atoms with van der Waals surface area (Å²) in [5.74, 6) is 0.911. The fourth-order valence-electron chi connectivity index (χ4n) is 7.38. The summed E-state index contributed by atoms with van der Waals surface area (Å²) in [4.78, 5) is 5.12. The summed E-state index contributed by atoms with van der Waals surface area (Å²) in [5, 5.41) is 7.35. The molecule has 10 aromatic rings. The van der Waals surface area contributed by atoms with E-state index in [0.29, 0.717) is 0 Å². The fourth-order valence-corrected chi connectivity index (χ4v) is 7.38. The normalized spacial score (nSPS) is 12.0. The first-order chi connectivity index (χ1) is 22.3. The molecule has 0 N–H and O–H groups in total. The van der Waals surface area contributed by atoms with E-state index in [1.165, 1.54) is 43.4 Å². The van der Waals surface area contributed by atoms with Gasteiger partial charge in [-0.2, -0.15) is 0 Å². The summed E-state index contributed by atoms with van der Waals surface area (Å²) < 4.78 is 7.03. The number of para-hydroxylation sites is 5. The van der Waals surface area contributed by atoms with E-state index >= 15 is 0 Å². The molecule has 0 atom stereocenters. The van der Waals surface area contributed by atoms with Crippen molar-refractivity contribution in [2.45, 2.75) is 0 Å². The second kappa shape index (κ2) is 9.18. The molecule has 6 aromatic carbocycles. The predicted molar refractivity (Wildman–Crippen MR) is 187 cm³/mol. The Kier molecular flexibility index (Phi) is 4.96. The molecule has 0 radical (unpaired) electrons. The Bertz CT molecular complexity index is 2480. The van der Waals surface area contributed by atoms with E-state index in [2.05, 4.69) is 165 Å². The third kappa shape index (κ3) is 3.39. The number of nitrogens with zero attached hydrogens (tertiary/aromatic N) is 4. The minimum absolute atomic E-state index is 0.911. The molecule has 0 saturated carbocycles. The summed E-state index contributed by atoms with van der Waals surface area (Å²) in [6.45, 7) is 0. The topological polar surface area (TPSA) is 27.7 Å². The van der Waals surface area contributed by atoms with Gasteiger partial charge in [0.25, 0.3) is 0 Å². The van der Waals surface area contributed by atoms with Crippen molar-refractivity contribution >= 4 is 65.4 Å². The highest BCUT2D eigenvalue weighted by Crippen LogP contribution is 2.38. The lowest BCUT2D eigenvalue weighted by Crippen LogP contribution is -1.98. The van der Waals surface area contributed by atoms with Gasteiger partial charge >= 0.3 is 0 Å². The van der Waals surface area contributed by atoms with E-state index in [1.807, 2.05) is 6.20 Å². The van der Waals surface area contributed by atoms with Crippen LogP contribution in [0.15, 0.2) is 158 Å². The average Bonchev–Trinajstić information content (AvgIpc) is 3.74. The number of rotatable bonds is 3. The van der Waals surface area contributed by atoms with Gasteiger partial charge in [-0.3, -0.25) is 4.57 Å². The van der Waals surface area contributed by atoms with E-state index in [-0.39, 0.29) is 0 Å². The number of pyridine rings is 1. The number of hydrogen-bond acceptors (Lipinski definition) is 1. The van der Waals surface area contributed by atoms with Crippen LogP contribution in [0.25, 0.3) is 82.6 Å². The molecule has 0 aliphatic rings. The highest BCUT2D eigenvalue weighted by Gasteiger charge is 2.19. The fraction of sp³-hybridized carbons (Fsp3) is 0. The summed E-state index contributed by atoms with van der Waals surface area (Å²) >= 11 is 0. The van der Waals surface area contributed by atoms with Crippen molar-refractivity contribution in [1.29, 1.82) is 0 Å². The maximum absolute atomic E-state index is 5.12. The molecule has 0 aliphatic heterocycles. The van der Waals surface area contributed by atoms with Crippen LogP contribution >= 0.6 is 0 Å². The molecule has 4 aromatic heterocycles. The maximum Gasteiger partial charge on any atom is 0.138 e. The lowest BCUT2D eigenvalue weighted by atomic mass is 10.1. The van der Waals surface area contributed by atoms with Crippen molar-refractivity contribution in [2.75, 3.05) is 0 Å². The first kappa shape index (κ1) is 24.3. The molecule has 0 bridgehead atoms. The maximum atomic E-state index is 5.12. The second-order valence-electron chi connectivity index (χ2n) is 11.7. The summed E-state index contributed by atoms with van der Waals surface area (Å²) in [6.07, 6.45) is 2.04. The largest absolute Gasteiger partial charge is 0.309 e. The monoisotopic (exact) mass is 574 g/mol. The zero-order valence-electron chi connectivity index (χ0n) is 24.3. The smallest absolute Gasteiger partial charge is 0.138 e. The third-order valence-electron chi connectivity index (χ3n) is 9.28. The minimum Gasteiger partial charge on any atom is -0.309 e. The molecule has 4 nitrogen and oxygen atoms in total. The predicted octanol–water partition coefficient (Wildman–Crippen LogP) is 10.4. The van der Waals surface area contributed by atoms with Crippen molar-refractivity contribution < 1.29 is 0 Å². The highest BCUT2D eigenvalue weighted by atomic mass is 15.1. The van der Waals surface area contributed by atoms with Crippen LogP contribution in [0.2, 0.25) is 0 Å². The third-order valence-corrected chi connectivity index (χ3v) is 9.28. The van der Waals surface area contributed by atoms with Crippen LogP contribution in [0, 0.1) is 0 Å². The van der Waals surface area contributed by atoms with E-state index in [4.69, 9.17) is 4.98 Å². The highest BCUT2D eigenvalue weighted by molar-refractivity contribution is 6.13. The molecular weight excluding hydrogens is 548 g/mol. The zero-order chi connectivity index (χ0) is 29.5. The van der Waals surface area contributed by atoms with Gasteiger partial charge in [-0.1, -0.05) is 91.0 Å². The first-order valence-corrected chi connectivity index (χ1v) is 15.3. The summed E-state index contributed by atoms with van der Waals surface area (Å²) in [6, 6.07) is 54.3. The Labute approximate surface area is 258 Å². The van der Waals surface area contributed by atoms with E-state index < -0.39 is 0 Å². The lowest BCUT2D eigenvalue weighted by Gasteiger charge is -2.10. The Balaban J connectivity index is 1.31. The summed E-state index contributed by atoms with van der Waals surface area (Å²) in [7, 11) is 0. The number of hydrogen-bond donors (Lipinski definition) is 0. The molecule has 45 heavy (non-hydrogen) atoms. The van der Waals surface area contributed by atoms with Crippen LogP contribution in [0.4, 0.5) is 0 Å². The van der Waals surface area contributed by atoms with Gasteiger partial charge in [0.1, 0.15) is 5.82 Å². The van der Waals surface area contributed by atoms with E-state index in [0.717, 1.165) is 39.3 Å². The molecule has 0 unspecified atom stereocenters. The van der Waals surface area contributed by atoms with Gasteiger partial charge in [0.2, 0.25) is 0 Å². The van der Waals surface area contributed by atoms with Gasteiger partial charge in [-0.25, -0.2) is 4.98 Å². The molecule has 0 saturated heterocycles. The lowest BCUT2D eigenvalue weighted by molar-refractivity contribution is 1.08. The molecule has 10 rings (SSSR count). The second-order valence-corrected chi connectivity index (χ2v) is 11.7. The average molecular weight is 575 g/mol. The Morgan fingerprint density at radius 2 is 0.756 bits per heavy atom. The van der Waals surface area contributed by atoms with Gasteiger partial charge in [0.05, 0.1) is 39.3 Å². The molecule has 4 heterocycles. The molecule has 0 aliphatic carbocycles. The van der Waals surface area contributed by atoms with Crippen LogP contribution in [0.3, 0.4) is 0 Å². The standard InChI is InChI=1S/C41H26N4/c1-2-12-27(13-3-1)43-39-23-22-28(44-35-18-8-4-14-29(35)30-15-5-9-19-36(30)44)24-33(39)34-25-41(42-26-40(34)43)45-37-20-10-6-16-31(37)32-17-7-11-21-38(32)45/h1-26H. The van der Waals surface area contributed by atoms with Crippen molar-refractivity contribution in [1.82, 2.24) is 18.7 Å². The Morgan fingerprint density at radius 3 is 1.33 bits per heavy atom. The zero-order valence-corrected chi connectivity index (χ0v) is 24.3. The van der Waals surface area contributed by atoms with Gasteiger partial charge in [-0.05, 0) is 60.7 Å². The van der Waals surface area contributed by atoms with Gasteiger partial charge in [-0.15, -0.1) is 0 Å². The van der Waals surface area contributed by atoms with Crippen molar-refractivity contribution in [3.8, 4) is 17.2 Å². The molecule has 0 amide bonds. The van der Waals surface area contributed by atoms with Crippen LogP contribution in [-0.2, 0) is 0 Å². The van der Waals surface area contributed by atoms with Crippen molar-refractivity contribution in [3.63, 3.8) is 0 Å². The quantitative estimate of drug-likeness (QED) is 0.206. The summed E-state index contributed by atoms with van der Waals surface area (Å²) in [5.41, 5.74) is 9.22.